The summed E-state index contributed by atoms with van der Waals surface area (Å²) in [6, 6.07) is 10.6. The van der Waals surface area contributed by atoms with Gasteiger partial charge in [0.2, 0.25) is 0 Å². The minimum Gasteiger partial charge on any atom is -0.370 e. The minimum absolute atomic E-state index is 0.606. The molecule has 0 unspecified atom stereocenters. The Morgan fingerprint density at radius 1 is 1.14 bits per heavy atom. The summed E-state index contributed by atoms with van der Waals surface area (Å²) in [5, 5.41) is 3.35. The molecule has 21 heavy (non-hydrogen) atoms. The highest BCUT2D eigenvalue weighted by Gasteiger charge is 2.20. The lowest BCUT2D eigenvalue weighted by Gasteiger charge is -2.13. The molecule has 0 bridgehead atoms. The number of hydrogen-bond donors (Lipinski definition) is 1. The summed E-state index contributed by atoms with van der Waals surface area (Å²) in [6.45, 7) is 5.09. The largest absolute Gasteiger partial charge is 0.370 e. The van der Waals surface area contributed by atoms with Gasteiger partial charge in [0, 0.05) is 29.8 Å². The zero-order valence-electron chi connectivity index (χ0n) is 12.9. The van der Waals surface area contributed by atoms with Gasteiger partial charge in [-0.1, -0.05) is 36.6 Å². The Kier molecular flexibility index (Phi) is 4.18. The summed E-state index contributed by atoms with van der Waals surface area (Å²) < 4.78 is 0. The SMILES string of the molecule is CCNc1cc(C2CCCC2)nc(-c2cccc(C)c2)n1. The van der Waals surface area contributed by atoms with E-state index in [-0.39, 0.29) is 0 Å². The van der Waals surface area contributed by atoms with Gasteiger partial charge >= 0.3 is 0 Å². The number of aromatic nitrogens is 2. The molecule has 1 fully saturated rings. The summed E-state index contributed by atoms with van der Waals surface area (Å²) in [6.07, 6.45) is 5.17. The van der Waals surface area contributed by atoms with Crippen LogP contribution < -0.4 is 5.32 Å². The molecule has 110 valence electrons. The van der Waals surface area contributed by atoms with Crippen molar-refractivity contribution in [1.82, 2.24) is 9.97 Å². The number of nitrogens with one attached hydrogen (secondary N) is 1. The lowest BCUT2D eigenvalue weighted by Crippen LogP contribution is -2.06. The van der Waals surface area contributed by atoms with Gasteiger partial charge in [-0.05, 0) is 32.8 Å². The van der Waals surface area contributed by atoms with Crippen molar-refractivity contribution in [3.8, 4) is 11.4 Å². The van der Waals surface area contributed by atoms with Crippen LogP contribution in [0.1, 0.15) is 49.8 Å². The number of hydrogen-bond acceptors (Lipinski definition) is 3. The molecule has 1 aromatic heterocycles. The summed E-state index contributed by atoms with van der Waals surface area (Å²) in [4.78, 5) is 9.54. The van der Waals surface area contributed by atoms with Gasteiger partial charge in [-0.2, -0.15) is 0 Å². The summed E-state index contributed by atoms with van der Waals surface area (Å²) in [5.41, 5.74) is 3.55. The van der Waals surface area contributed by atoms with Gasteiger partial charge in [0.15, 0.2) is 5.82 Å². The maximum Gasteiger partial charge on any atom is 0.161 e. The summed E-state index contributed by atoms with van der Waals surface area (Å²) in [5.74, 6) is 2.40. The molecule has 3 heteroatoms. The van der Waals surface area contributed by atoms with E-state index in [4.69, 9.17) is 4.98 Å². The van der Waals surface area contributed by atoms with Crippen molar-refractivity contribution in [2.24, 2.45) is 0 Å². The lowest BCUT2D eigenvalue weighted by atomic mass is 10.0. The third-order valence-electron chi connectivity index (χ3n) is 4.15. The Bertz CT molecular complexity index is 616. The standard InChI is InChI=1S/C18H23N3/c1-3-19-17-12-16(14-8-4-5-9-14)20-18(21-17)15-10-6-7-13(2)11-15/h6-7,10-12,14H,3-5,8-9H2,1-2H3,(H,19,20,21). The number of benzene rings is 1. The van der Waals surface area contributed by atoms with Crippen LogP contribution in [0.4, 0.5) is 5.82 Å². The topological polar surface area (TPSA) is 37.8 Å². The average molecular weight is 281 g/mol. The molecule has 1 aliphatic carbocycles. The molecule has 1 N–H and O–H groups in total. The van der Waals surface area contributed by atoms with Crippen LogP contribution in [-0.2, 0) is 0 Å². The fraction of sp³-hybridized carbons (Fsp3) is 0.444. The van der Waals surface area contributed by atoms with Crippen LogP contribution in [0.15, 0.2) is 30.3 Å². The maximum atomic E-state index is 4.86. The Morgan fingerprint density at radius 3 is 2.67 bits per heavy atom. The Morgan fingerprint density at radius 2 is 1.95 bits per heavy atom. The van der Waals surface area contributed by atoms with Gasteiger partial charge in [0.1, 0.15) is 5.82 Å². The van der Waals surface area contributed by atoms with E-state index in [0.29, 0.717) is 5.92 Å². The fourth-order valence-corrected chi connectivity index (χ4v) is 3.08. The highest BCUT2D eigenvalue weighted by Crippen LogP contribution is 2.34. The van der Waals surface area contributed by atoms with Crippen LogP contribution in [0.2, 0.25) is 0 Å². The molecule has 0 atom stereocenters. The van der Waals surface area contributed by atoms with Crippen LogP contribution in [-0.4, -0.2) is 16.5 Å². The molecule has 3 nitrogen and oxygen atoms in total. The molecule has 0 saturated heterocycles. The average Bonchev–Trinajstić information content (AvgIpc) is 3.01. The van der Waals surface area contributed by atoms with E-state index < -0.39 is 0 Å². The first kappa shape index (κ1) is 14.1. The molecule has 0 radical (unpaired) electrons. The highest BCUT2D eigenvalue weighted by molar-refractivity contribution is 5.58. The monoisotopic (exact) mass is 281 g/mol. The highest BCUT2D eigenvalue weighted by atomic mass is 15.0. The van der Waals surface area contributed by atoms with Crippen LogP contribution in [0.5, 0.6) is 0 Å². The molecular weight excluding hydrogens is 258 g/mol. The molecule has 0 amide bonds. The first-order valence-corrected chi connectivity index (χ1v) is 7.96. The van der Waals surface area contributed by atoms with Gasteiger partial charge in [-0.25, -0.2) is 9.97 Å². The van der Waals surface area contributed by atoms with Crippen molar-refractivity contribution >= 4 is 5.82 Å². The minimum atomic E-state index is 0.606. The quantitative estimate of drug-likeness (QED) is 0.894. The summed E-state index contributed by atoms with van der Waals surface area (Å²) >= 11 is 0. The van der Waals surface area contributed by atoms with E-state index in [2.05, 4.69) is 54.5 Å². The number of nitrogens with zero attached hydrogens (tertiary/aromatic N) is 2. The number of anilines is 1. The first-order valence-electron chi connectivity index (χ1n) is 7.96. The predicted molar refractivity (Wildman–Crippen MR) is 87.6 cm³/mol. The molecule has 0 spiro atoms. The smallest absolute Gasteiger partial charge is 0.161 e. The van der Waals surface area contributed by atoms with Crippen molar-refractivity contribution < 1.29 is 0 Å². The van der Waals surface area contributed by atoms with E-state index in [1.165, 1.54) is 36.9 Å². The second kappa shape index (κ2) is 6.25. The molecule has 1 saturated carbocycles. The van der Waals surface area contributed by atoms with Crippen LogP contribution in [0.25, 0.3) is 11.4 Å². The predicted octanol–water partition coefficient (Wildman–Crippen LogP) is 4.54. The van der Waals surface area contributed by atoms with Crippen molar-refractivity contribution in [3.05, 3.63) is 41.6 Å². The van der Waals surface area contributed by atoms with Gasteiger partial charge in [0.05, 0.1) is 0 Å². The molecular formula is C18H23N3. The maximum absolute atomic E-state index is 4.86. The Hall–Kier alpha value is -1.90. The Labute approximate surface area is 126 Å². The first-order chi connectivity index (χ1) is 10.3. The molecule has 1 heterocycles. The van der Waals surface area contributed by atoms with E-state index >= 15 is 0 Å². The van der Waals surface area contributed by atoms with Crippen molar-refractivity contribution in [3.63, 3.8) is 0 Å². The van der Waals surface area contributed by atoms with Crippen molar-refractivity contribution in [2.45, 2.75) is 45.4 Å². The third-order valence-corrected chi connectivity index (χ3v) is 4.15. The molecule has 2 aromatic rings. The zero-order valence-corrected chi connectivity index (χ0v) is 12.9. The fourth-order valence-electron chi connectivity index (χ4n) is 3.08. The van der Waals surface area contributed by atoms with E-state index in [9.17, 15) is 0 Å². The van der Waals surface area contributed by atoms with E-state index in [1.807, 2.05) is 0 Å². The van der Waals surface area contributed by atoms with Crippen LogP contribution >= 0.6 is 0 Å². The van der Waals surface area contributed by atoms with Crippen LogP contribution in [0, 0.1) is 6.92 Å². The Balaban J connectivity index is 2.02. The van der Waals surface area contributed by atoms with E-state index in [0.717, 1.165) is 23.8 Å². The molecule has 1 aliphatic rings. The van der Waals surface area contributed by atoms with Crippen molar-refractivity contribution in [2.75, 3.05) is 11.9 Å². The molecule has 1 aromatic carbocycles. The van der Waals surface area contributed by atoms with Gasteiger partial charge in [-0.3, -0.25) is 0 Å². The third kappa shape index (κ3) is 3.23. The van der Waals surface area contributed by atoms with Crippen molar-refractivity contribution in [1.29, 1.82) is 0 Å². The van der Waals surface area contributed by atoms with Gasteiger partial charge in [-0.15, -0.1) is 0 Å². The normalized spacial score (nSPS) is 15.3. The van der Waals surface area contributed by atoms with Gasteiger partial charge < -0.3 is 5.32 Å². The lowest BCUT2D eigenvalue weighted by molar-refractivity contribution is 0.695. The van der Waals surface area contributed by atoms with Gasteiger partial charge in [0.25, 0.3) is 0 Å². The second-order valence-electron chi connectivity index (χ2n) is 5.88. The van der Waals surface area contributed by atoms with Crippen LogP contribution in [0.3, 0.4) is 0 Å². The summed E-state index contributed by atoms with van der Waals surface area (Å²) in [7, 11) is 0. The molecule has 3 rings (SSSR count). The van der Waals surface area contributed by atoms with E-state index in [1.54, 1.807) is 0 Å². The zero-order chi connectivity index (χ0) is 14.7. The number of rotatable bonds is 4. The number of aryl methyl sites for hydroxylation is 1. The second-order valence-corrected chi connectivity index (χ2v) is 5.88. The molecule has 0 aliphatic heterocycles.